The first-order chi connectivity index (χ1) is 19.3. The summed E-state index contributed by atoms with van der Waals surface area (Å²) in [6.45, 7) is 10.3. The van der Waals surface area contributed by atoms with Crippen LogP contribution in [0.1, 0.15) is 120 Å². The van der Waals surface area contributed by atoms with E-state index in [-0.39, 0.29) is 5.97 Å². The molecule has 0 bridgehead atoms. The molecule has 1 heterocycles. The maximum absolute atomic E-state index is 13.1. The minimum atomic E-state index is -0.523. The average Bonchev–Trinajstić information content (AvgIpc) is 3.57. The number of aromatic nitrogens is 2. The van der Waals surface area contributed by atoms with Crippen molar-refractivity contribution in [1.29, 1.82) is 0 Å². The highest BCUT2D eigenvalue weighted by molar-refractivity contribution is 5.96. The quantitative estimate of drug-likeness (QED) is 0.115. The first kappa shape index (κ1) is 29.9. The summed E-state index contributed by atoms with van der Waals surface area (Å²) in [7, 11) is 1.98. The van der Waals surface area contributed by atoms with E-state index in [2.05, 4.69) is 30.8 Å². The summed E-state index contributed by atoms with van der Waals surface area (Å²) in [5.41, 5.74) is 4.29. The Kier molecular flexibility index (Phi) is 10.5. The number of rotatable bonds is 14. The molecular weight excluding hydrogens is 496 g/mol. The number of hydrogen-bond acceptors (Lipinski definition) is 4. The van der Waals surface area contributed by atoms with Gasteiger partial charge in [-0.15, -0.1) is 6.58 Å². The maximum Gasteiger partial charge on any atom is 0.338 e. The molecule has 0 N–H and O–H groups in total. The van der Waals surface area contributed by atoms with Crippen molar-refractivity contribution in [3.8, 4) is 17.0 Å². The number of carbonyl (C=O) groups is 1. The van der Waals surface area contributed by atoms with Gasteiger partial charge in [0.2, 0.25) is 0 Å². The second kappa shape index (κ2) is 14.0. The Hall–Kier alpha value is -3.08. The molecule has 4 rings (SSSR count). The topological polar surface area (TPSA) is 53.4 Å². The van der Waals surface area contributed by atoms with Crippen molar-refractivity contribution < 1.29 is 14.3 Å². The molecule has 1 aromatic heterocycles. The zero-order chi connectivity index (χ0) is 28.5. The minimum Gasteiger partial charge on any atom is -0.494 e. The summed E-state index contributed by atoms with van der Waals surface area (Å²) in [5.74, 6) is 1.03. The van der Waals surface area contributed by atoms with E-state index in [9.17, 15) is 4.79 Å². The van der Waals surface area contributed by atoms with Gasteiger partial charge in [0.1, 0.15) is 17.0 Å². The standard InChI is InChI=1S/C35H48N2O3/c1-6-7-8-9-10-11-12-13-16-23-39-28-20-22-30-32(25-28)37(5)36-33(30)27-19-21-29(34(38)40-35(2,3)4)31(24-27)26-17-14-15-18-26/h6,19-22,24-26H,1,7-18,23H2,2-5H3. The van der Waals surface area contributed by atoms with Gasteiger partial charge in [-0.05, 0) is 88.6 Å². The summed E-state index contributed by atoms with van der Waals surface area (Å²) >= 11 is 0. The lowest BCUT2D eigenvalue weighted by atomic mass is 9.90. The second-order valence-corrected chi connectivity index (χ2v) is 12.3. The van der Waals surface area contributed by atoms with Gasteiger partial charge in [0.05, 0.1) is 17.7 Å². The molecule has 5 nitrogen and oxygen atoms in total. The van der Waals surface area contributed by atoms with Gasteiger partial charge in [0.15, 0.2) is 0 Å². The third-order valence-corrected chi connectivity index (χ3v) is 7.88. The molecule has 3 aromatic rings. The van der Waals surface area contributed by atoms with Crippen LogP contribution in [-0.2, 0) is 11.8 Å². The number of ether oxygens (including phenoxy) is 2. The highest BCUT2D eigenvalue weighted by atomic mass is 16.6. The molecule has 40 heavy (non-hydrogen) atoms. The number of hydrogen-bond donors (Lipinski definition) is 0. The molecular formula is C35H48N2O3. The zero-order valence-corrected chi connectivity index (χ0v) is 25.1. The fraction of sp³-hybridized carbons (Fsp3) is 0.543. The van der Waals surface area contributed by atoms with Crippen LogP contribution >= 0.6 is 0 Å². The lowest BCUT2D eigenvalue weighted by Crippen LogP contribution is -2.24. The van der Waals surface area contributed by atoms with Crippen molar-refractivity contribution in [2.75, 3.05) is 6.61 Å². The molecule has 0 atom stereocenters. The van der Waals surface area contributed by atoms with Crippen LogP contribution in [0.15, 0.2) is 49.1 Å². The lowest BCUT2D eigenvalue weighted by molar-refractivity contribution is 0.00678. The molecule has 0 saturated heterocycles. The largest absolute Gasteiger partial charge is 0.494 e. The number of esters is 1. The summed E-state index contributed by atoms with van der Waals surface area (Å²) < 4.78 is 13.8. The Labute approximate surface area is 240 Å². The number of aryl methyl sites for hydroxylation is 1. The highest BCUT2D eigenvalue weighted by Gasteiger charge is 2.27. The van der Waals surface area contributed by atoms with Crippen molar-refractivity contribution in [2.24, 2.45) is 7.05 Å². The zero-order valence-electron chi connectivity index (χ0n) is 25.1. The van der Waals surface area contributed by atoms with Gasteiger partial charge >= 0.3 is 5.97 Å². The predicted octanol–water partition coefficient (Wildman–Crippen LogP) is 9.54. The first-order valence-corrected chi connectivity index (χ1v) is 15.3. The van der Waals surface area contributed by atoms with Crippen LogP contribution in [0.2, 0.25) is 0 Å². The third-order valence-electron chi connectivity index (χ3n) is 7.88. The monoisotopic (exact) mass is 544 g/mol. The fourth-order valence-corrected chi connectivity index (χ4v) is 5.81. The van der Waals surface area contributed by atoms with Crippen molar-refractivity contribution in [2.45, 2.75) is 109 Å². The van der Waals surface area contributed by atoms with E-state index in [1.54, 1.807) is 0 Å². The van der Waals surface area contributed by atoms with Gasteiger partial charge in [-0.1, -0.05) is 57.1 Å². The fourth-order valence-electron chi connectivity index (χ4n) is 5.81. The molecule has 216 valence electrons. The van der Waals surface area contributed by atoms with Gasteiger partial charge in [0, 0.05) is 24.1 Å². The van der Waals surface area contributed by atoms with Crippen molar-refractivity contribution >= 4 is 16.9 Å². The summed E-state index contributed by atoms with van der Waals surface area (Å²) in [6.07, 6.45) is 16.5. The summed E-state index contributed by atoms with van der Waals surface area (Å²) in [6, 6.07) is 12.4. The number of benzene rings is 2. The smallest absolute Gasteiger partial charge is 0.338 e. The van der Waals surface area contributed by atoms with Gasteiger partial charge in [-0.2, -0.15) is 5.10 Å². The molecule has 2 aromatic carbocycles. The number of allylic oxidation sites excluding steroid dienone is 1. The minimum absolute atomic E-state index is 0.239. The van der Waals surface area contributed by atoms with Crippen LogP contribution in [0.5, 0.6) is 5.75 Å². The van der Waals surface area contributed by atoms with E-state index in [1.807, 2.05) is 50.7 Å². The predicted molar refractivity (Wildman–Crippen MR) is 165 cm³/mol. The molecule has 1 aliphatic carbocycles. The third kappa shape index (κ3) is 7.99. The molecule has 1 saturated carbocycles. The number of carbonyl (C=O) groups excluding carboxylic acids is 1. The molecule has 1 aliphatic rings. The molecule has 1 fully saturated rings. The average molecular weight is 545 g/mol. The van der Waals surface area contributed by atoms with Crippen molar-refractivity contribution in [3.05, 3.63) is 60.2 Å². The Morgan fingerprint density at radius 3 is 2.40 bits per heavy atom. The summed E-state index contributed by atoms with van der Waals surface area (Å²) in [5, 5.41) is 5.99. The molecule has 0 radical (unpaired) electrons. The van der Waals surface area contributed by atoms with Crippen LogP contribution in [0, 0.1) is 0 Å². The van der Waals surface area contributed by atoms with E-state index in [4.69, 9.17) is 14.6 Å². The van der Waals surface area contributed by atoms with Crippen LogP contribution in [0.3, 0.4) is 0 Å². The van der Waals surface area contributed by atoms with Crippen LogP contribution in [-0.4, -0.2) is 28.0 Å². The number of unbranched alkanes of at least 4 members (excludes halogenated alkanes) is 7. The SMILES string of the molecule is C=CCCCCCCCCCOc1ccc2c(-c3ccc(C(=O)OC(C)(C)C)c(C4CCCC4)c3)nn(C)c2c1. The van der Waals surface area contributed by atoms with Gasteiger partial charge in [-0.3, -0.25) is 4.68 Å². The summed E-state index contributed by atoms with van der Waals surface area (Å²) in [4.78, 5) is 13.1. The van der Waals surface area contributed by atoms with E-state index in [0.29, 0.717) is 11.5 Å². The number of fused-ring (bicyclic) bond motifs is 1. The normalized spacial score (nSPS) is 14.1. The molecule has 0 amide bonds. The van der Waals surface area contributed by atoms with Crippen molar-refractivity contribution in [1.82, 2.24) is 9.78 Å². The Bertz CT molecular complexity index is 1280. The molecule has 0 aliphatic heterocycles. The van der Waals surface area contributed by atoms with Crippen LogP contribution < -0.4 is 4.74 Å². The molecule has 5 heteroatoms. The van der Waals surface area contributed by atoms with Gasteiger partial charge < -0.3 is 9.47 Å². The van der Waals surface area contributed by atoms with Gasteiger partial charge in [-0.25, -0.2) is 4.79 Å². The van der Waals surface area contributed by atoms with Gasteiger partial charge in [0.25, 0.3) is 0 Å². The maximum atomic E-state index is 13.1. The van der Waals surface area contributed by atoms with E-state index < -0.39 is 5.60 Å². The number of nitrogens with zero attached hydrogens (tertiary/aromatic N) is 2. The Balaban J connectivity index is 1.44. The van der Waals surface area contributed by atoms with Crippen LogP contribution in [0.4, 0.5) is 0 Å². The lowest BCUT2D eigenvalue weighted by Gasteiger charge is -2.22. The van der Waals surface area contributed by atoms with E-state index >= 15 is 0 Å². The van der Waals surface area contributed by atoms with E-state index in [1.165, 1.54) is 51.4 Å². The van der Waals surface area contributed by atoms with Crippen LogP contribution in [0.25, 0.3) is 22.2 Å². The second-order valence-electron chi connectivity index (χ2n) is 12.3. The van der Waals surface area contributed by atoms with Crippen molar-refractivity contribution in [3.63, 3.8) is 0 Å². The molecule has 0 spiro atoms. The Morgan fingerprint density at radius 1 is 1.00 bits per heavy atom. The Morgan fingerprint density at radius 2 is 1.70 bits per heavy atom. The molecule has 0 unspecified atom stereocenters. The van der Waals surface area contributed by atoms with E-state index in [0.717, 1.165) is 65.8 Å². The highest BCUT2D eigenvalue weighted by Crippen LogP contribution is 2.39. The first-order valence-electron chi connectivity index (χ1n) is 15.3.